The van der Waals surface area contributed by atoms with E-state index in [2.05, 4.69) is 0 Å². The Bertz CT molecular complexity index is 644. The van der Waals surface area contributed by atoms with E-state index in [1.54, 1.807) is 32.2 Å². The van der Waals surface area contributed by atoms with E-state index in [1.807, 2.05) is 0 Å². The number of fused-ring (bicyclic) bond motifs is 1. The molecular weight excluding hydrogens is 322 g/mol. The molecule has 1 N–H and O–H groups in total. The molecule has 1 heterocycles. The van der Waals surface area contributed by atoms with Crippen LogP contribution in [0, 0.1) is 5.92 Å². The van der Waals surface area contributed by atoms with Crippen LogP contribution in [0.4, 0.5) is 0 Å². The fourth-order valence-corrected chi connectivity index (χ4v) is 2.37. The van der Waals surface area contributed by atoms with Crippen LogP contribution < -0.4 is 9.47 Å². The summed E-state index contributed by atoms with van der Waals surface area (Å²) in [5.74, 6) is -0.796. The number of carboxylic acid groups (broad SMARTS) is 1. The monoisotopic (exact) mass is 339 g/mol. The van der Waals surface area contributed by atoms with Gasteiger partial charge in [-0.3, -0.25) is 9.59 Å². The second-order valence-electron chi connectivity index (χ2n) is 5.32. The number of carbonyl (C=O) groups is 2. The summed E-state index contributed by atoms with van der Waals surface area (Å²) in [6, 6.07) is 3.42. The molecule has 1 unspecified atom stereocenters. The molecule has 7 heteroatoms. The van der Waals surface area contributed by atoms with Crippen LogP contribution in [0.15, 0.2) is 18.2 Å². The molecule has 0 radical (unpaired) electrons. The van der Waals surface area contributed by atoms with Crippen molar-refractivity contribution < 1.29 is 24.2 Å². The minimum Gasteiger partial charge on any atom is -0.486 e. The maximum atomic E-state index is 12.0. The van der Waals surface area contributed by atoms with Crippen molar-refractivity contribution in [2.45, 2.75) is 6.92 Å². The molecule has 23 heavy (non-hydrogen) atoms. The topological polar surface area (TPSA) is 76.1 Å². The highest BCUT2D eigenvalue weighted by Gasteiger charge is 2.17. The zero-order valence-corrected chi connectivity index (χ0v) is 13.7. The molecule has 6 nitrogen and oxygen atoms in total. The van der Waals surface area contributed by atoms with Gasteiger partial charge in [0.05, 0.1) is 10.9 Å². The molecule has 1 amide bonds. The molecule has 2 rings (SSSR count). The zero-order valence-electron chi connectivity index (χ0n) is 12.9. The van der Waals surface area contributed by atoms with Crippen molar-refractivity contribution >= 4 is 29.6 Å². The van der Waals surface area contributed by atoms with Crippen LogP contribution in [0.1, 0.15) is 12.5 Å². The predicted octanol–water partition coefficient (Wildman–Crippen LogP) is 2.30. The lowest BCUT2D eigenvalue weighted by atomic mass is 10.1. The van der Waals surface area contributed by atoms with E-state index in [0.29, 0.717) is 35.3 Å². The standard InChI is InChI=1S/C16H18ClNO5/c1-10(16(20)21)9-18(2)14(19)4-3-11-7-12(17)15-13(8-11)22-5-6-23-15/h3-4,7-8,10H,5-6,9H2,1-2H3,(H,20,21). The summed E-state index contributed by atoms with van der Waals surface area (Å²) >= 11 is 6.13. The van der Waals surface area contributed by atoms with E-state index < -0.39 is 11.9 Å². The highest BCUT2D eigenvalue weighted by atomic mass is 35.5. The number of carbonyl (C=O) groups excluding carboxylic acids is 1. The van der Waals surface area contributed by atoms with E-state index in [4.69, 9.17) is 26.2 Å². The van der Waals surface area contributed by atoms with Crippen LogP contribution in [-0.4, -0.2) is 48.7 Å². The quantitative estimate of drug-likeness (QED) is 0.833. The average Bonchev–Trinajstić information content (AvgIpc) is 2.52. The van der Waals surface area contributed by atoms with Crippen molar-refractivity contribution in [2.24, 2.45) is 5.92 Å². The summed E-state index contributed by atoms with van der Waals surface area (Å²) in [5.41, 5.74) is 0.701. The highest BCUT2D eigenvalue weighted by Crippen LogP contribution is 2.38. The molecule has 0 spiro atoms. The molecule has 124 valence electrons. The molecule has 1 aliphatic heterocycles. The van der Waals surface area contributed by atoms with Crippen molar-refractivity contribution in [1.29, 1.82) is 0 Å². The van der Waals surface area contributed by atoms with Crippen LogP contribution in [0.25, 0.3) is 6.08 Å². The lowest BCUT2D eigenvalue weighted by Crippen LogP contribution is -2.32. The van der Waals surface area contributed by atoms with Gasteiger partial charge >= 0.3 is 5.97 Å². The van der Waals surface area contributed by atoms with Gasteiger partial charge in [0.2, 0.25) is 5.91 Å². The predicted molar refractivity (Wildman–Crippen MR) is 85.9 cm³/mol. The summed E-state index contributed by atoms with van der Waals surface area (Å²) in [7, 11) is 1.56. The number of nitrogens with zero attached hydrogens (tertiary/aromatic N) is 1. The van der Waals surface area contributed by atoms with Crippen LogP contribution in [0.2, 0.25) is 5.02 Å². The van der Waals surface area contributed by atoms with Crippen molar-refractivity contribution in [1.82, 2.24) is 4.90 Å². The first-order chi connectivity index (χ1) is 10.9. The third kappa shape index (κ3) is 4.39. The molecule has 0 saturated carbocycles. The Morgan fingerprint density at radius 1 is 1.39 bits per heavy atom. The van der Waals surface area contributed by atoms with Crippen molar-refractivity contribution in [3.63, 3.8) is 0 Å². The van der Waals surface area contributed by atoms with E-state index in [0.717, 1.165) is 0 Å². The Hall–Kier alpha value is -2.21. The summed E-state index contributed by atoms with van der Waals surface area (Å²) in [5, 5.41) is 9.29. The molecule has 0 aromatic heterocycles. The molecule has 0 fully saturated rings. The minimum absolute atomic E-state index is 0.139. The summed E-state index contributed by atoms with van der Waals surface area (Å²) < 4.78 is 10.9. The summed E-state index contributed by atoms with van der Waals surface area (Å²) in [4.78, 5) is 24.2. The highest BCUT2D eigenvalue weighted by molar-refractivity contribution is 6.32. The molecule has 1 aromatic carbocycles. The van der Waals surface area contributed by atoms with Gasteiger partial charge < -0.3 is 19.5 Å². The van der Waals surface area contributed by atoms with Crippen LogP contribution in [0.5, 0.6) is 11.5 Å². The first kappa shape index (κ1) is 17.1. The van der Waals surface area contributed by atoms with Gasteiger partial charge in [-0.25, -0.2) is 0 Å². The van der Waals surface area contributed by atoms with Gasteiger partial charge in [0.15, 0.2) is 11.5 Å². The van der Waals surface area contributed by atoms with Gasteiger partial charge in [-0.05, 0) is 23.8 Å². The Morgan fingerprint density at radius 3 is 2.78 bits per heavy atom. The lowest BCUT2D eigenvalue weighted by molar-refractivity contribution is -0.142. The smallest absolute Gasteiger partial charge is 0.308 e. The van der Waals surface area contributed by atoms with Crippen molar-refractivity contribution in [3.8, 4) is 11.5 Å². The largest absolute Gasteiger partial charge is 0.486 e. The number of benzene rings is 1. The molecule has 1 aliphatic rings. The third-order valence-corrected chi connectivity index (χ3v) is 3.66. The minimum atomic E-state index is -0.938. The van der Waals surface area contributed by atoms with Crippen LogP contribution >= 0.6 is 11.6 Å². The van der Waals surface area contributed by atoms with Gasteiger partial charge in [0, 0.05) is 19.7 Å². The fourth-order valence-electron chi connectivity index (χ4n) is 2.10. The van der Waals surface area contributed by atoms with Gasteiger partial charge in [-0.1, -0.05) is 18.5 Å². The van der Waals surface area contributed by atoms with Crippen LogP contribution in [-0.2, 0) is 9.59 Å². The summed E-state index contributed by atoms with van der Waals surface area (Å²) in [6.07, 6.45) is 2.98. The summed E-state index contributed by atoms with van der Waals surface area (Å²) in [6.45, 7) is 2.59. The molecule has 0 aliphatic carbocycles. The second-order valence-corrected chi connectivity index (χ2v) is 5.73. The third-order valence-electron chi connectivity index (χ3n) is 3.38. The SMILES string of the molecule is CC(CN(C)C(=O)C=Cc1cc(Cl)c2c(c1)OCCO2)C(=O)O. The number of halogens is 1. The molecule has 0 bridgehead atoms. The number of ether oxygens (including phenoxy) is 2. The number of likely N-dealkylation sites (N-methyl/N-ethyl adjacent to an activating group) is 1. The van der Waals surface area contributed by atoms with Crippen LogP contribution in [0.3, 0.4) is 0 Å². The van der Waals surface area contributed by atoms with E-state index in [1.165, 1.54) is 11.0 Å². The number of rotatable bonds is 5. The number of carboxylic acids is 1. The van der Waals surface area contributed by atoms with Gasteiger partial charge in [0.25, 0.3) is 0 Å². The molecule has 1 atom stereocenters. The number of aliphatic carboxylic acids is 1. The number of hydrogen-bond acceptors (Lipinski definition) is 4. The Labute approximate surface area is 139 Å². The van der Waals surface area contributed by atoms with Crippen molar-refractivity contribution in [2.75, 3.05) is 26.8 Å². The second kappa shape index (κ2) is 7.37. The Kier molecular flexibility index (Phi) is 5.50. The average molecular weight is 340 g/mol. The first-order valence-corrected chi connectivity index (χ1v) is 7.51. The van der Waals surface area contributed by atoms with E-state index in [-0.39, 0.29) is 12.5 Å². The van der Waals surface area contributed by atoms with Gasteiger partial charge in [0.1, 0.15) is 13.2 Å². The fraction of sp³-hybridized carbons (Fsp3) is 0.375. The lowest BCUT2D eigenvalue weighted by Gasteiger charge is -2.20. The normalized spacial score (nSPS) is 14.6. The molecular formula is C16H18ClNO5. The Balaban J connectivity index is 2.06. The van der Waals surface area contributed by atoms with E-state index in [9.17, 15) is 9.59 Å². The van der Waals surface area contributed by atoms with Crippen molar-refractivity contribution in [3.05, 3.63) is 28.8 Å². The molecule has 1 aromatic rings. The van der Waals surface area contributed by atoms with Gasteiger partial charge in [-0.15, -0.1) is 0 Å². The molecule has 0 saturated heterocycles. The maximum Gasteiger partial charge on any atom is 0.308 e. The maximum absolute atomic E-state index is 12.0. The number of hydrogen-bond donors (Lipinski definition) is 1. The first-order valence-electron chi connectivity index (χ1n) is 7.13. The zero-order chi connectivity index (χ0) is 17.0. The number of amides is 1. The van der Waals surface area contributed by atoms with Gasteiger partial charge in [-0.2, -0.15) is 0 Å². The van der Waals surface area contributed by atoms with E-state index >= 15 is 0 Å². The Morgan fingerprint density at radius 2 is 2.09 bits per heavy atom.